The van der Waals surface area contributed by atoms with E-state index in [0.717, 1.165) is 53.9 Å². The molecule has 0 saturated heterocycles. The summed E-state index contributed by atoms with van der Waals surface area (Å²) in [6, 6.07) is 36.1. The molecule has 3 aromatic heterocycles. The number of imidazole rings is 1. The molecule has 12 nitrogen and oxygen atoms in total. The predicted octanol–water partition coefficient (Wildman–Crippen LogP) is 10.8. The SMILES string of the molecule is C.Nc1cccnc1N.O=C(Nc1ccc(C2(C(=O)O)CCC2)cc1)c1cccc(Cl)c1.O=C(Nc1ccc(C2(c3nc4ncccc4[nH]3)CCC2)cc1)c1cccc(Cl)c1.[B]I. The zero-order valence-corrected chi connectivity index (χ0v) is 37.0. The van der Waals surface area contributed by atoms with E-state index in [9.17, 15) is 19.5 Å². The van der Waals surface area contributed by atoms with E-state index in [2.05, 4.69) is 43.4 Å². The monoisotopic (exact) mass is 994 g/mol. The summed E-state index contributed by atoms with van der Waals surface area (Å²) in [6.45, 7) is 0. The Balaban J connectivity index is 0.000000196. The molecule has 2 radical (unpaired) electrons. The molecule has 4 aromatic carbocycles. The van der Waals surface area contributed by atoms with Gasteiger partial charge in [0.1, 0.15) is 11.6 Å². The second-order valence-corrected chi connectivity index (χ2v) is 15.6. The Morgan fingerprint density at radius 1 is 0.683 bits per heavy atom. The van der Waals surface area contributed by atoms with Gasteiger partial charge in [-0.2, -0.15) is 22.4 Å². The Kier molecular flexibility index (Phi) is 16.7. The topological polar surface area (TPSA) is 202 Å². The van der Waals surface area contributed by atoms with Gasteiger partial charge in [0.15, 0.2) is 11.3 Å². The number of halogens is 3. The highest BCUT2D eigenvalue weighted by molar-refractivity contribution is 14.1. The lowest BCUT2D eigenvalue weighted by Gasteiger charge is -2.40. The first-order valence-corrected chi connectivity index (χ1v) is 21.5. The number of nitrogens with zero attached hydrogens (tertiary/aromatic N) is 3. The molecule has 0 aliphatic heterocycles. The van der Waals surface area contributed by atoms with Crippen LogP contribution in [0.25, 0.3) is 11.2 Å². The third-order valence-corrected chi connectivity index (χ3v) is 11.4. The molecule has 0 spiro atoms. The summed E-state index contributed by atoms with van der Waals surface area (Å²) in [5.41, 5.74) is 20.8. The minimum absolute atomic E-state index is 0. The maximum Gasteiger partial charge on any atom is 0.314 e. The van der Waals surface area contributed by atoms with Gasteiger partial charge in [0.2, 0.25) is 0 Å². The van der Waals surface area contributed by atoms with E-state index in [1.54, 1.807) is 120 Å². The van der Waals surface area contributed by atoms with Gasteiger partial charge in [0.25, 0.3) is 11.8 Å². The number of nitrogens with one attached hydrogen (secondary N) is 3. The van der Waals surface area contributed by atoms with E-state index in [1.165, 1.54) is 5.56 Å². The van der Waals surface area contributed by atoms with E-state index in [4.69, 9.17) is 39.7 Å². The Bertz CT molecular complexity index is 2600. The van der Waals surface area contributed by atoms with Crippen molar-refractivity contribution in [1.82, 2.24) is 19.9 Å². The summed E-state index contributed by atoms with van der Waals surface area (Å²) in [5.74, 6) is 0.152. The zero-order valence-electron chi connectivity index (χ0n) is 33.3. The lowest BCUT2D eigenvalue weighted by Crippen LogP contribution is -2.42. The molecule has 3 heterocycles. The van der Waals surface area contributed by atoms with Crippen molar-refractivity contribution in [3.63, 3.8) is 0 Å². The number of anilines is 4. The summed E-state index contributed by atoms with van der Waals surface area (Å²) in [6.07, 6.45) is 8.87. The number of nitrogen functional groups attached to an aromatic ring is 2. The number of carbonyl (C=O) groups excluding carboxylic acids is 2. The Morgan fingerprint density at radius 3 is 1.60 bits per heavy atom. The van der Waals surface area contributed by atoms with Crippen LogP contribution in [0.5, 0.6) is 0 Å². The average molecular weight is 996 g/mol. The number of carboxylic acid groups (broad SMARTS) is 1. The maximum absolute atomic E-state index is 12.4. The normalized spacial score (nSPS) is 13.8. The van der Waals surface area contributed by atoms with E-state index >= 15 is 0 Å². The van der Waals surface area contributed by atoms with Gasteiger partial charge in [-0.25, -0.2) is 15.0 Å². The van der Waals surface area contributed by atoms with Gasteiger partial charge in [-0.1, -0.05) is 79.9 Å². The number of aromatic amines is 1. The predicted molar refractivity (Wildman–Crippen MR) is 263 cm³/mol. The summed E-state index contributed by atoms with van der Waals surface area (Å²) in [7, 11) is 0. The minimum atomic E-state index is -0.778. The number of nitrogens with two attached hydrogens (primary N) is 2. The van der Waals surface area contributed by atoms with E-state index in [1.807, 2.05) is 24.3 Å². The molecule has 2 amide bonds. The van der Waals surface area contributed by atoms with Crippen LogP contribution >= 0.6 is 45.6 Å². The standard InChI is InChI=1S/C23H19ClN4O.C18H16ClNO3.C5H7N3.CH4.BI/c24-17-5-1-4-15(14-17)21(29)26-18-9-7-16(8-10-18)23(11-3-12-23)22-27-19-6-2-13-25-20(19)28-22;19-14-4-1-3-12(11-14)16(21)20-15-7-5-13(6-8-15)18(17(22)23)9-2-10-18;6-4-2-1-3-8-5(4)7;;1-2/h1-2,4-10,13-14H,3,11-12H2,(H,26,29)(H,25,27,28);1,3-8,11H,2,9-10H2,(H,20,21)(H,22,23);1-3H,6H2,(H2,7,8);1H4;. The van der Waals surface area contributed by atoms with Crippen molar-refractivity contribution < 1.29 is 19.5 Å². The van der Waals surface area contributed by atoms with Crippen molar-refractivity contribution in [3.05, 3.63) is 172 Å². The van der Waals surface area contributed by atoms with Crippen LogP contribution in [0.3, 0.4) is 0 Å². The molecule has 322 valence electrons. The van der Waals surface area contributed by atoms with Gasteiger partial charge in [0.05, 0.1) is 22.0 Å². The van der Waals surface area contributed by atoms with Crippen molar-refractivity contribution in [2.75, 3.05) is 22.1 Å². The first-order valence-electron chi connectivity index (χ1n) is 19.5. The number of hydrogen-bond acceptors (Lipinski definition) is 8. The molecule has 9 rings (SSSR count). The lowest BCUT2D eigenvalue weighted by molar-refractivity contribution is -0.147. The fraction of sp³-hybridized carbons (Fsp3) is 0.191. The van der Waals surface area contributed by atoms with Crippen molar-refractivity contribution in [1.29, 1.82) is 0 Å². The van der Waals surface area contributed by atoms with Crippen LogP contribution in [0.15, 0.2) is 134 Å². The summed E-state index contributed by atoms with van der Waals surface area (Å²) in [4.78, 5) is 52.4. The number of H-pyrrole nitrogens is 1. The van der Waals surface area contributed by atoms with Gasteiger partial charge in [-0.3, -0.25) is 14.4 Å². The van der Waals surface area contributed by atoms with Crippen LogP contribution in [0.1, 0.15) is 83.6 Å². The van der Waals surface area contributed by atoms with Crippen LogP contribution in [0, 0.1) is 0 Å². The summed E-state index contributed by atoms with van der Waals surface area (Å²) >= 11 is 13.5. The number of hydrogen-bond donors (Lipinski definition) is 6. The van der Waals surface area contributed by atoms with Crippen molar-refractivity contribution in [3.8, 4) is 0 Å². The van der Waals surface area contributed by atoms with Crippen LogP contribution in [-0.2, 0) is 15.6 Å². The molecule has 0 bridgehead atoms. The molecule has 63 heavy (non-hydrogen) atoms. The first kappa shape index (κ1) is 48.1. The van der Waals surface area contributed by atoms with Crippen molar-refractivity contribution >= 4 is 103 Å². The average Bonchev–Trinajstić information content (AvgIpc) is 3.68. The molecular formula is C47H46BCl2IN8O4. The van der Waals surface area contributed by atoms with Gasteiger partial charge in [-0.15, -0.1) is 0 Å². The molecule has 2 saturated carbocycles. The highest BCUT2D eigenvalue weighted by Gasteiger charge is 2.46. The number of carboxylic acids is 1. The fourth-order valence-electron chi connectivity index (χ4n) is 7.26. The summed E-state index contributed by atoms with van der Waals surface area (Å²) in [5, 5.41) is 16.2. The minimum Gasteiger partial charge on any atom is -0.481 e. The van der Waals surface area contributed by atoms with Crippen LogP contribution in [-0.4, -0.2) is 48.5 Å². The van der Waals surface area contributed by atoms with E-state index in [-0.39, 0.29) is 24.7 Å². The third kappa shape index (κ3) is 11.4. The number of aliphatic carboxylic acids is 1. The number of amides is 2. The Hall–Kier alpha value is -5.97. The lowest BCUT2D eigenvalue weighted by atomic mass is 9.64. The largest absolute Gasteiger partial charge is 0.481 e. The number of benzene rings is 4. The smallest absolute Gasteiger partial charge is 0.314 e. The number of aromatic nitrogens is 4. The molecular weight excluding hydrogens is 949 g/mol. The molecule has 2 aliphatic carbocycles. The first-order chi connectivity index (χ1) is 30.0. The molecule has 7 aromatic rings. The maximum atomic E-state index is 12.4. The van der Waals surface area contributed by atoms with Crippen LogP contribution in [0.2, 0.25) is 10.0 Å². The molecule has 16 heteroatoms. The number of pyridine rings is 2. The van der Waals surface area contributed by atoms with Crippen LogP contribution in [0.4, 0.5) is 22.9 Å². The highest BCUT2D eigenvalue weighted by atomic mass is 127. The van der Waals surface area contributed by atoms with Gasteiger partial charge >= 0.3 is 5.97 Å². The van der Waals surface area contributed by atoms with E-state index < -0.39 is 11.4 Å². The number of carbonyl (C=O) groups is 3. The highest BCUT2D eigenvalue weighted by Crippen LogP contribution is 2.48. The molecule has 0 atom stereocenters. The van der Waals surface area contributed by atoms with E-state index in [0.29, 0.717) is 51.2 Å². The van der Waals surface area contributed by atoms with Gasteiger partial charge in [0, 0.05) is 44.9 Å². The van der Waals surface area contributed by atoms with Crippen molar-refractivity contribution in [2.45, 2.75) is 56.8 Å². The summed E-state index contributed by atoms with van der Waals surface area (Å²) < 4.78 is 0. The molecule has 2 fully saturated rings. The molecule has 0 unspecified atom stereocenters. The molecule has 8 N–H and O–H groups in total. The number of fused-ring (bicyclic) bond motifs is 1. The van der Waals surface area contributed by atoms with Gasteiger partial charge in [-0.05, 0) is 122 Å². The quantitative estimate of drug-likeness (QED) is 0.0633. The third-order valence-electron chi connectivity index (χ3n) is 11.0. The second kappa shape index (κ2) is 21.9. The van der Waals surface area contributed by atoms with Gasteiger partial charge < -0.3 is 32.2 Å². The van der Waals surface area contributed by atoms with Crippen LogP contribution < -0.4 is 22.1 Å². The Morgan fingerprint density at radius 2 is 1.19 bits per heavy atom. The fourth-order valence-corrected chi connectivity index (χ4v) is 7.64. The number of rotatable bonds is 8. The van der Waals surface area contributed by atoms with Crippen molar-refractivity contribution in [2.24, 2.45) is 0 Å². The Labute approximate surface area is 390 Å². The zero-order chi connectivity index (χ0) is 44.3. The molecule has 2 aliphatic rings. The second-order valence-electron chi connectivity index (χ2n) is 14.7.